The molecule has 1 aromatic rings. The number of nitrogens with one attached hydrogen (secondary N) is 2. The van der Waals surface area contributed by atoms with Crippen LogP contribution in [-0.2, 0) is 0 Å². The Kier molecular flexibility index (Phi) is 5.40. The predicted octanol–water partition coefficient (Wildman–Crippen LogP) is 2.02. The lowest BCUT2D eigenvalue weighted by atomic mass is 9.93. The molecule has 1 fully saturated rings. The van der Waals surface area contributed by atoms with Crippen molar-refractivity contribution >= 4 is 11.6 Å². The molecule has 0 unspecified atom stereocenters. The minimum atomic E-state index is -0.151. The number of aliphatic hydroxyl groups is 1. The molecule has 1 saturated carbocycles. The van der Waals surface area contributed by atoms with Crippen molar-refractivity contribution in [3.8, 4) is 5.75 Å². The van der Waals surface area contributed by atoms with Gasteiger partial charge in [0.05, 0.1) is 13.2 Å². The summed E-state index contributed by atoms with van der Waals surface area (Å²) in [5, 5.41) is 16.2. The quantitative estimate of drug-likeness (QED) is 0.740. The van der Waals surface area contributed by atoms with Crippen LogP contribution in [0.1, 0.15) is 39.0 Å². The molecule has 20 heavy (non-hydrogen) atoms. The number of hydrogen-bond acceptors (Lipinski definition) is 6. The van der Waals surface area contributed by atoms with Crippen LogP contribution in [0.25, 0.3) is 0 Å². The topological polar surface area (TPSA) is 79.3 Å². The van der Waals surface area contributed by atoms with Gasteiger partial charge in [0, 0.05) is 12.6 Å². The Morgan fingerprint density at radius 3 is 2.60 bits per heavy atom. The third kappa shape index (κ3) is 3.72. The van der Waals surface area contributed by atoms with Gasteiger partial charge in [-0.15, -0.1) is 0 Å². The van der Waals surface area contributed by atoms with Crippen LogP contribution in [0, 0.1) is 0 Å². The SMILES string of the molecule is CCCNc1ncnc(NC2CCC(O)CC2)c1OC. The molecule has 0 spiro atoms. The number of aliphatic hydroxyl groups excluding tert-OH is 1. The zero-order valence-corrected chi connectivity index (χ0v) is 12.2. The first-order valence-electron chi connectivity index (χ1n) is 7.32. The van der Waals surface area contributed by atoms with E-state index < -0.39 is 0 Å². The van der Waals surface area contributed by atoms with E-state index in [0.29, 0.717) is 11.8 Å². The van der Waals surface area contributed by atoms with Crippen LogP contribution in [0.5, 0.6) is 5.75 Å². The summed E-state index contributed by atoms with van der Waals surface area (Å²) in [4.78, 5) is 8.51. The smallest absolute Gasteiger partial charge is 0.204 e. The molecule has 1 aliphatic carbocycles. The van der Waals surface area contributed by atoms with Crippen molar-refractivity contribution in [2.75, 3.05) is 24.3 Å². The highest BCUT2D eigenvalue weighted by molar-refractivity contribution is 5.63. The maximum Gasteiger partial charge on any atom is 0.204 e. The molecule has 1 aromatic heterocycles. The van der Waals surface area contributed by atoms with Crippen LogP contribution in [-0.4, -0.2) is 40.9 Å². The van der Waals surface area contributed by atoms with Crippen LogP contribution >= 0.6 is 0 Å². The predicted molar refractivity (Wildman–Crippen MR) is 79.3 cm³/mol. The fraction of sp³-hybridized carbons (Fsp3) is 0.714. The molecular weight excluding hydrogens is 256 g/mol. The molecule has 2 rings (SSSR count). The van der Waals surface area contributed by atoms with Crippen LogP contribution in [0.2, 0.25) is 0 Å². The largest absolute Gasteiger partial charge is 0.490 e. The third-order valence-electron chi connectivity index (χ3n) is 3.59. The van der Waals surface area contributed by atoms with E-state index in [4.69, 9.17) is 4.74 Å². The summed E-state index contributed by atoms with van der Waals surface area (Å²) in [6, 6.07) is 0.334. The first-order chi connectivity index (χ1) is 9.74. The number of nitrogens with zero attached hydrogens (tertiary/aromatic N) is 2. The van der Waals surface area contributed by atoms with Gasteiger partial charge in [-0.25, -0.2) is 9.97 Å². The van der Waals surface area contributed by atoms with Crippen molar-refractivity contribution in [1.82, 2.24) is 9.97 Å². The van der Waals surface area contributed by atoms with Crippen LogP contribution < -0.4 is 15.4 Å². The third-order valence-corrected chi connectivity index (χ3v) is 3.59. The monoisotopic (exact) mass is 280 g/mol. The normalized spacial score (nSPS) is 22.4. The van der Waals surface area contributed by atoms with Crippen molar-refractivity contribution in [1.29, 1.82) is 0 Å². The minimum absolute atomic E-state index is 0.151. The van der Waals surface area contributed by atoms with Crippen LogP contribution in [0.4, 0.5) is 11.6 Å². The molecule has 112 valence electrons. The average molecular weight is 280 g/mol. The second-order valence-electron chi connectivity index (χ2n) is 5.18. The molecule has 1 aliphatic rings. The highest BCUT2D eigenvalue weighted by Crippen LogP contribution is 2.31. The summed E-state index contributed by atoms with van der Waals surface area (Å²) < 4.78 is 5.44. The number of anilines is 2. The van der Waals surface area contributed by atoms with Crippen molar-refractivity contribution in [3.63, 3.8) is 0 Å². The summed E-state index contributed by atoms with van der Waals surface area (Å²) in [5.74, 6) is 2.11. The fourth-order valence-electron chi connectivity index (χ4n) is 2.45. The van der Waals surface area contributed by atoms with E-state index in [1.54, 1.807) is 13.4 Å². The van der Waals surface area contributed by atoms with Gasteiger partial charge in [-0.1, -0.05) is 6.92 Å². The second kappa shape index (κ2) is 7.28. The fourth-order valence-corrected chi connectivity index (χ4v) is 2.45. The van der Waals surface area contributed by atoms with Gasteiger partial charge in [0.2, 0.25) is 5.75 Å². The minimum Gasteiger partial charge on any atom is -0.490 e. The highest BCUT2D eigenvalue weighted by Gasteiger charge is 2.21. The lowest BCUT2D eigenvalue weighted by molar-refractivity contribution is 0.126. The Morgan fingerprint density at radius 2 is 1.95 bits per heavy atom. The Morgan fingerprint density at radius 1 is 1.25 bits per heavy atom. The molecule has 0 amide bonds. The summed E-state index contributed by atoms with van der Waals surface area (Å²) in [7, 11) is 1.63. The molecule has 0 aliphatic heterocycles. The van der Waals surface area contributed by atoms with E-state index in [0.717, 1.165) is 50.3 Å². The van der Waals surface area contributed by atoms with E-state index >= 15 is 0 Å². The van der Waals surface area contributed by atoms with Crippen molar-refractivity contribution in [2.45, 2.75) is 51.2 Å². The highest BCUT2D eigenvalue weighted by atomic mass is 16.5. The number of hydrogen-bond donors (Lipinski definition) is 3. The maximum absolute atomic E-state index is 9.55. The van der Waals surface area contributed by atoms with E-state index in [1.807, 2.05) is 0 Å². The van der Waals surface area contributed by atoms with E-state index in [-0.39, 0.29) is 6.10 Å². The Bertz CT molecular complexity index is 420. The van der Waals surface area contributed by atoms with Gasteiger partial charge < -0.3 is 20.5 Å². The van der Waals surface area contributed by atoms with Gasteiger partial charge in [-0.2, -0.15) is 0 Å². The molecule has 0 saturated heterocycles. The zero-order valence-electron chi connectivity index (χ0n) is 12.2. The Labute approximate surface area is 120 Å². The molecular formula is C14H24N4O2. The molecule has 6 nitrogen and oxygen atoms in total. The number of methoxy groups -OCH3 is 1. The standard InChI is InChI=1S/C14H24N4O2/c1-3-8-15-13-12(20-2)14(17-9-16-13)18-10-4-6-11(19)7-5-10/h9-11,19H,3-8H2,1-2H3,(H2,15,16,17,18). The van der Waals surface area contributed by atoms with Gasteiger partial charge >= 0.3 is 0 Å². The van der Waals surface area contributed by atoms with Crippen LogP contribution in [0.15, 0.2) is 6.33 Å². The van der Waals surface area contributed by atoms with Gasteiger partial charge in [0.1, 0.15) is 6.33 Å². The molecule has 0 bridgehead atoms. The second-order valence-corrected chi connectivity index (χ2v) is 5.18. The maximum atomic E-state index is 9.55. The molecule has 1 heterocycles. The average Bonchev–Trinajstić information content (AvgIpc) is 2.47. The lowest BCUT2D eigenvalue weighted by Crippen LogP contribution is -2.28. The molecule has 0 atom stereocenters. The van der Waals surface area contributed by atoms with Crippen molar-refractivity contribution in [2.24, 2.45) is 0 Å². The summed E-state index contributed by atoms with van der Waals surface area (Å²) in [6.45, 7) is 2.95. The number of ether oxygens (including phenoxy) is 1. The van der Waals surface area contributed by atoms with E-state index in [1.165, 1.54) is 0 Å². The number of rotatable bonds is 6. The van der Waals surface area contributed by atoms with Crippen molar-refractivity contribution < 1.29 is 9.84 Å². The van der Waals surface area contributed by atoms with E-state index in [2.05, 4.69) is 27.5 Å². The molecule has 0 aromatic carbocycles. The van der Waals surface area contributed by atoms with Gasteiger partial charge in [-0.3, -0.25) is 0 Å². The zero-order chi connectivity index (χ0) is 14.4. The van der Waals surface area contributed by atoms with Gasteiger partial charge in [0.15, 0.2) is 11.6 Å². The summed E-state index contributed by atoms with van der Waals surface area (Å²) in [5.41, 5.74) is 0. The van der Waals surface area contributed by atoms with Crippen LogP contribution in [0.3, 0.4) is 0 Å². The summed E-state index contributed by atoms with van der Waals surface area (Å²) in [6.07, 6.45) is 6.00. The number of aromatic nitrogens is 2. The molecule has 6 heteroatoms. The van der Waals surface area contributed by atoms with Gasteiger partial charge in [0.25, 0.3) is 0 Å². The molecule has 3 N–H and O–H groups in total. The lowest BCUT2D eigenvalue weighted by Gasteiger charge is -2.27. The van der Waals surface area contributed by atoms with E-state index in [9.17, 15) is 5.11 Å². The summed E-state index contributed by atoms with van der Waals surface area (Å²) >= 11 is 0. The molecule has 0 radical (unpaired) electrons. The van der Waals surface area contributed by atoms with Gasteiger partial charge in [-0.05, 0) is 32.1 Å². The Hall–Kier alpha value is -1.56. The first-order valence-corrected chi connectivity index (χ1v) is 7.32. The first kappa shape index (κ1) is 14.8. The van der Waals surface area contributed by atoms with Crippen molar-refractivity contribution in [3.05, 3.63) is 6.33 Å². The Balaban J connectivity index is 2.06.